The Bertz CT molecular complexity index is 1260. The van der Waals surface area contributed by atoms with Crippen LogP contribution in [-0.2, 0) is 9.53 Å². The monoisotopic (exact) mass is 514 g/mol. The van der Waals surface area contributed by atoms with Crippen molar-refractivity contribution in [3.8, 4) is 0 Å². The molecule has 1 amide bonds. The van der Waals surface area contributed by atoms with Crippen molar-refractivity contribution in [1.29, 1.82) is 0 Å². The standard InChI is InChI=1S/C26H25F3N4O2S/c1-35-16-23(17-8-3-2-4-9-17)30-24(34)15-22(18-10-7-11-19(14-18)36-26(27,28)29)33-25-31-20-12-5-6-13-21(20)32-25/h2-14,22-23H,15-16H2,1H3,(H,30,34)(H2,31,32,33). The van der Waals surface area contributed by atoms with Crippen LogP contribution in [0.15, 0.2) is 83.8 Å². The van der Waals surface area contributed by atoms with Crippen molar-refractivity contribution in [2.45, 2.75) is 28.9 Å². The number of rotatable bonds is 10. The van der Waals surface area contributed by atoms with Crippen LogP contribution in [0.1, 0.15) is 29.6 Å². The van der Waals surface area contributed by atoms with E-state index >= 15 is 0 Å². The van der Waals surface area contributed by atoms with Gasteiger partial charge in [0.1, 0.15) is 0 Å². The van der Waals surface area contributed by atoms with Crippen molar-refractivity contribution in [2.75, 3.05) is 19.0 Å². The molecule has 0 bridgehead atoms. The third-order valence-corrected chi connectivity index (χ3v) is 6.18. The molecule has 2 atom stereocenters. The molecule has 0 saturated carbocycles. The van der Waals surface area contributed by atoms with E-state index in [1.54, 1.807) is 19.2 Å². The van der Waals surface area contributed by atoms with E-state index in [9.17, 15) is 18.0 Å². The first-order valence-corrected chi connectivity index (χ1v) is 12.0. The van der Waals surface area contributed by atoms with Crippen molar-refractivity contribution >= 4 is 34.7 Å². The Morgan fingerprint density at radius 1 is 1.00 bits per heavy atom. The number of fused-ring (bicyclic) bond motifs is 1. The van der Waals surface area contributed by atoms with E-state index in [2.05, 4.69) is 20.6 Å². The average Bonchev–Trinajstić information content (AvgIpc) is 3.25. The van der Waals surface area contributed by atoms with Gasteiger partial charge in [0.15, 0.2) is 0 Å². The van der Waals surface area contributed by atoms with Gasteiger partial charge in [0.25, 0.3) is 0 Å². The Kier molecular flexibility index (Phi) is 8.17. The number of benzene rings is 3. The van der Waals surface area contributed by atoms with Crippen LogP contribution in [0, 0.1) is 0 Å². The molecule has 10 heteroatoms. The van der Waals surface area contributed by atoms with Gasteiger partial charge >= 0.3 is 5.51 Å². The van der Waals surface area contributed by atoms with Crippen molar-refractivity contribution in [3.63, 3.8) is 0 Å². The topological polar surface area (TPSA) is 79.0 Å². The van der Waals surface area contributed by atoms with Crippen LogP contribution >= 0.6 is 11.8 Å². The molecule has 6 nitrogen and oxygen atoms in total. The van der Waals surface area contributed by atoms with Gasteiger partial charge in [-0.25, -0.2) is 4.98 Å². The second-order valence-electron chi connectivity index (χ2n) is 8.11. The summed E-state index contributed by atoms with van der Waals surface area (Å²) < 4.78 is 44.2. The number of halogens is 3. The SMILES string of the molecule is COCC(NC(=O)CC(Nc1nc2ccccc2[nH]1)c1cccc(SC(F)(F)F)c1)c1ccccc1. The Hall–Kier alpha value is -3.50. The summed E-state index contributed by atoms with van der Waals surface area (Å²) >= 11 is -0.192. The number of methoxy groups -OCH3 is 1. The van der Waals surface area contributed by atoms with Gasteiger partial charge in [-0.1, -0.05) is 54.6 Å². The highest BCUT2D eigenvalue weighted by Gasteiger charge is 2.30. The normalized spacial score (nSPS) is 13.3. The summed E-state index contributed by atoms with van der Waals surface area (Å²) in [6.07, 6.45) is -0.0375. The molecule has 0 saturated heterocycles. The molecule has 1 aromatic heterocycles. The number of para-hydroxylation sites is 2. The Morgan fingerprint density at radius 2 is 1.72 bits per heavy atom. The maximum absolute atomic E-state index is 13.1. The number of carbonyl (C=O) groups excluding carboxylic acids is 1. The van der Waals surface area contributed by atoms with Crippen molar-refractivity contribution < 1.29 is 22.7 Å². The lowest BCUT2D eigenvalue weighted by Gasteiger charge is -2.22. The summed E-state index contributed by atoms with van der Waals surface area (Å²) in [5.41, 5.74) is -1.47. The van der Waals surface area contributed by atoms with E-state index in [1.807, 2.05) is 54.6 Å². The fourth-order valence-electron chi connectivity index (χ4n) is 3.88. The number of ether oxygens (including phenoxy) is 1. The highest BCUT2D eigenvalue weighted by Crippen LogP contribution is 2.38. The number of aromatic nitrogens is 2. The number of amides is 1. The largest absolute Gasteiger partial charge is 0.446 e. The zero-order valence-corrected chi connectivity index (χ0v) is 20.2. The van der Waals surface area contributed by atoms with E-state index in [0.29, 0.717) is 11.5 Å². The van der Waals surface area contributed by atoms with Crippen LogP contribution < -0.4 is 10.6 Å². The fourth-order valence-corrected chi connectivity index (χ4v) is 4.49. The number of nitrogens with zero attached hydrogens (tertiary/aromatic N) is 1. The predicted octanol–water partition coefficient (Wildman–Crippen LogP) is 6.22. The molecule has 0 spiro atoms. The smallest absolute Gasteiger partial charge is 0.382 e. The van der Waals surface area contributed by atoms with E-state index < -0.39 is 11.6 Å². The molecule has 3 aromatic carbocycles. The lowest BCUT2D eigenvalue weighted by Crippen LogP contribution is -2.33. The fraction of sp³-hybridized carbons (Fsp3) is 0.231. The molecular formula is C26H25F3N4O2S. The molecule has 4 rings (SSSR count). The first-order valence-electron chi connectivity index (χ1n) is 11.2. The number of aromatic amines is 1. The molecule has 4 aromatic rings. The minimum absolute atomic E-state index is 0.0375. The van der Waals surface area contributed by atoms with E-state index in [1.165, 1.54) is 12.1 Å². The van der Waals surface area contributed by atoms with E-state index in [0.717, 1.165) is 16.6 Å². The van der Waals surface area contributed by atoms with E-state index in [4.69, 9.17) is 4.74 Å². The number of anilines is 1. The molecule has 2 unspecified atom stereocenters. The second-order valence-corrected chi connectivity index (χ2v) is 9.25. The molecule has 0 aliphatic carbocycles. The van der Waals surface area contributed by atoms with Gasteiger partial charge in [0.05, 0.1) is 36.1 Å². The third-order valence-electron chi connectivity index (χ3n) is 5.45. The van der Waals surface area contributed by atoms with Gasteiger partial charge < -0.3 is 20.4 Å². The average molecular weight is 515 g/mol. The summed E-state index contributed by atoms with van der Waals surface area (Å²) in [4.78, 5) is 20.8. The minimum atomic E-state index is -4.42. The highest BCUT2D eigenvalue weighted by molar-refractivity contribution is 8.00. The van der Waals surface area contributed by atoms with Gasteiger partial charge in [0.2, 0.25) is 11.9 Å². The summed E-state index contributed by atoms with van der Waals surface area (Å²) in [6.45, 7) is 0.273. The maximum atomic E-state index is 13.1. The van der Waals surface area contributed by atoms with Crippen LogP contribution in [0.2, 0.25) is 0 Å². The Morgan fingerprint density at radius 3 is 2.44 bits per heavy atom. The van der Waals surface area contributed by atoms with Gasteiger partial charge in [-0.05, 0) is 47.2 Å². The lowest BCUT2D eigenvalue weighted by molar-refractivity contribution is -0.122. The first-order chi connectivity index (χ1) is 17.3. The van der Waals surface area contributed by atoms with Gasteiger partial charge in [-0.3, -0.25) is 4.79 Å². The highest BCUT2D eigenvalue weighted by atomic mass is 32.2. The minimum Gasteiger partial charge on any atom is -0.382 e. The summed E-state index contributed by atoms with van der Waals surface area (Å²) in [5.74, 6) is 0.128. The molecule has 0 fully saturated rings. The zero-order chi connectivity index (χ0) is 25.5. The number of imidazole rings is 1. The molecule has 36 heavy (non-hydrogen) atoms. The molecule has 0 aliphatic heterocycles. The van der Waals surface area contributed by atoms with Crippen LogP contribution in [0.25, 0.3) is 11.0 Å². The molecule has 188 valence electrons. The number of alkyl halides is 3. The van der Waals surface area contributed by atoms with Crippen LogP contribution in [0.4, 0.5) is 19.1 Å². The van der Waals surface area contributed by atoms with Crippen LogP contribution in [-0.4, -0.2) is 35.1 Å². The number of thioether (sulfide) groups is 1. The lowest BCUT2D eigenvalue weighted by atomic mass is 10.0. The maximum Gasteiger partial charge on any atom is 0.446 e. The number of hydrogen-bond donors (Lipinski definition) is 3. The van der Waals surface area contributed by atoms with Crippen molar-refractivity contribution in [2.24, 2.45) is 0 Å². The molecule has 0 aliphatic rings. The molecular weight excluding hydrogens is 489 g/mol. The summed E-state index contributed by atoms with van der Waals surface area (Å²) in [7, 11) is 1.55. The predicted molar refractivity (Wildman–Crippen MR) is 135 cm³/mol. The second kappa shape index (κ2) is 11.5. The van der Waals surface area contributed by atoms with Crippen LogP contribution in [0.5, 0.6) is 0 Å². The number of H-pyrrole nitrogens is 1. The zero-order valence-electron chi connectivity index (χ0n) is 19.4. The number of carbonyl (C=O) groups is 1. The molecule has 1 heterocycles. The van der Waals surface area contributed by atoms with Gasteiger partial charge in [0, 0.05) is 12.0 Å². The van der Waals surface area contributed by atoms with Crippen molar-refractivity contribution in [1.82, 2.24) is 15.3 Å². The van der Waals surface area contributed by atoms with E-state index in [-0.39, 0.29) is 41.6 Å². The summed E-state index contributed by atoms with van der Waals surface area (Å²) in [6, 6.07) is 21.9. The molecule has 0 radical (unpaired) electrons. The quantitative estimate of drug-likeness (QED) is 0.219. The Labute approximate surface area is 210 Å². The van der Waals surface area contributed by atoms with Crippen LogP contribution in [0.3, 0.4) is 0 Å². The van der Waals surface area contributed by atoms with Gasteiger partial charge in [-0.2, -0.15) is 13.2 Å². The Balaban J connectivity index is 1.58. The number of hydrogen-bond acceptors (Lipinski definition) is 5. The first kappa shape index (κ1) is 25.6. The number of nitrogens with one attached hydrogen (secondary N) is 3. The van der Waals surface area contributed by atoms with Gasteiger partial charge in [-0.15, -0.1) is 0 Å². The third kappa shape index (κ3) is 7.02. The molecule has 3 N–H and O–H groups in total. The summed E-state index contributed by atoms with van der Waals surface area (Å²) in [5, 5.41) is 6.18. The van der Waals surface area contributed by atoms with Crippen molar-refractivity contribution in [3.05, 3.63) is 90.0 Å².